The van der Waals surface area contributed by atoms with Gasteiger partial charge >= 0.3 is 0 Å². The first-order valence-electron chi connectivity index (χ1n) is 10.8. The molecule has 0 aromatic heterocycles. The largest absolute Gasteiger partial charge is 0.505 e. The highest BCUT2D eigenvalue weighted by Gasteiger charge is 2.41. The van der Waals surface area contributed by atoms with Crippen LogP contribution < -0.4 is 10.0 Å². The van der Waals surface area contributed by atoms with Gasteiger partial charge in [-0.2, -0.15) is 0 Å². The van der Waals surface area contributed by atoms with Crippen molar-refractivity contribution >= 4 is 37.1 Å². The second-order valence-corrected chi connectivity index (χ2v) is 13.3. The molecule has 1 aromatic rings. The monoisotopic (exact) mass is 508 g/mol. The van der Waals surface area contributed by atoms with E-state index in [1.165, 1.54) is 18.2 Å². The molecule has 1 aromatic carbocycles. The third-order valence-electron chi connectivity index (χ3n) is 5.65. The number of rotatable bonds is 5. The van der Waals surface area contributed by atoms with Crippen LogP contribution in [0.25, 0.3) is 0 Å². The molecule has 0 spiro atoms. The molecule has 4 rings (SSSR count). The highest BCUT2D eigenvalue weighted by molar-refractivity contribution is 7.94. The van der Waals surface area contributed by atoms with Gasteiger partial charge in [0, 0.05) is 18.8 Å². The fraction of sp³-hybridized carbons (Fsp3) is 0.409. The number of aliphatic hydroxyl groups is 1. The highest BCUT2D eigenvalue weighted by atomic mass is 32.2. The van der Waals surface area contributed by atoms with Crippen molar-refractivity contribution in [3.05, 3.63) is 52.4 Å². The number of nitrogens with zero attached hydrogens (tertiary/aromatic N) is 2. The molecule has 3 aliphatic rings. The molecule has 0 saturated heterocycles. The number of carbonyl (C=O) groups is 1. The lowest BCUT2D eigenvalue weighted by molar-refractivity contribution is -0.143. The van der Waals surface area contributed by atoms with E-state index >= 15 is 0 Å². The van der Waals surface area contributed by atoms with E-state index in [4.69, 9.17) is 0 Å². The lowest BCUT2D eigenvalue weighted by atomic mass is 9.92. The molecule has 0 radical (unpaired) electrons. The van der Waals surface area contributed by atoms with Crippen LogP contribution in [0.15, 0.2) is 57.3 Å². The van der Waals surface area contributed by atoms with Crippen LogP contribution in [-0.2, 0) is 24.7 Å². The summed E-state index contributed by atoms with van der Waals surface area (Å²) in [5.74, 6) is -0.768. The maximum atomic E-state index is 13.5. The Hall–Kier alpha value is -2.99. The molecular formula is C22H28N4O6S2. The van der Waals surface area contributed by atoms with E-state index in [9.17, 15) is 26.7 Å². The Morgan fingerprint density at radius 2 is 1.94 bits per heavy atom. The topological polar surface area (TPSA) is 136 Å². The van der Waals surface area contributed by atoms with Crippen molar-refractivity contribution in [1.82, 2.24) is 10.0 Å². The van der Waals surface area contributed by atoms with Gasteiger partial charge in [0.25, 0.3) is 5.91 Å². The van der Waals surface area contributed by atoms with Crippen molar-refractivity contribution in [3.8, 4) is 0 Å². The molecule has 3 aliphatic heterocycles. The Morgan fingerprint density at radius 3 is 2.59 bits per heavy atom. The van der Waals surface area contributed by atoms with Gasteiger partial charge in [0.05, 0.1) is 33.6 Å². The fourth-order valence-electron chi connectivity index (χ4n) is 4.05. The number of hydrogen-bond donors (Lipinski definition) is 3. The second-order valence-electron chi connectivity index (χ2n) is 9.75. The summed E-state index contributed by atoms with van der Waals surface area (Å²) in [5.41, 5.74) is 0.559. The summed E-state index contributed by atoms with van der Waals surface area (Å²) in [5, 5.41) is 18.1. The number of anilines is 2. The first-order valence-corrected chi connectivity index (χ1v) is 14.2. The van der Waals surface area contributed by atoms with Crippen LogP contribution >= 0.6 is 0 Å². The highest BCUT2D eigenvalue weighted by Crippen LogP contribution is 2.39. The van der Waals surface area contributed by atoms with Crippen LogP contribution in [0.5, 0.6) is 0 Å². The number of nitrogens with one attached hydrogen (secondary N) is 2. The molecule has 0 bridgehead atoms. The number of sulfonamides is 1. The molecule has 3 N–H and O–H groups in total. The fourth-order valence-corrected chi connectivity index (χ4v) is 5.93. The average Bonchev–Trinajstić information content (AvgIpc) is 3.16. The predicted octanol–water partition coefficient (Wildman–Crippen LogP) is 2.69. The Morgan fingerprint density at radius 1 is 1.24 bits per heavy atom. The van der Waals surface area contributed by atoms with Gasteiger partial charge in [-0.3, -0.25) is 14.5 Å². The zero-order chi connectivity index (χ0) is 25.1. The van der Waals surface area contributed by atoms with Crippen molar-refractivity contribution in [1.29, 1.82) is 0 Å². The number of sulfone groups is 1. The van der Waals surface area contributed by atoms with Gasteiger partial charge in [-0.25, -0.2) is 21.8 Å². The third-order valence-corrected chi connectivity index (χ3v) is 7.76. The predicted molar refractivity (Wildman–Crippen MR) is 129 cm³/mol. The summed E-state index contributed by atoms with van der Waals surface area (Å²) in [6, 6.07) is 4.04. The van der Waals surface area contributed by atoms with Gasteiger partial charge in [0.1, 0.15) is 5.57 Å². The molecule has 12 heteroatoms. The van der Waals surface area contributed by atoms with E-state index in [1.807, 2.05) is 6.08 Å². The van der Waals surface area contributed by atoms with Crippen molar-refractivity contribution in [2.45, 2.75) is 38.5 Å². The molecule has 0 atom stereocenters. The normalized spacial score (nSPS) is 19.8. The number of hydrogen-bond acceptors (Lipinski definition) is 8. The molecule has 0 fully saturated rings. The van der Waals surface area contributed by atoms with E-state index in [0.717, 1.165) is 11.7 Å². The molecule has 1 amide bonds. The smallest absolute Gasteiger partial charge is 0.278 e. The average molecular weight is 509 g/mol. The minimum absolute atomic E-state index is 0.0321. The Labute approximate surface area is 199 Å². The van der Waals surface area contributed by atoms with Gasteiger partial charge in [-0.1, -0.05) is 26.8 Å². The summed E-state index contributed by atoms with van der Waals surface area (Å²) >= 11 is 0. The summed E-state index contributed by atoms with van der Waals surface area (Å²) in [4.78, 5) is 13.4. The van der Waals surface area contributed by atoms with E-state index in [-0.39, 0.29) is 38.7 Å². The molecule has 3 heterocycles. The molecular weight excluding hydrogens is 480 g/mol. The maximum Gasteiger partial charge on any atom is 0.278 e. The van der Waals surface area contributed by atoms with Gasteiger partial charge in [0.15, 0.2) is 5.76 Å². The van der Waals surface area contributed by atoms with Crippen molar-refractivity contribution in [2.24, 2.45) is 5.41 Å². The minimum atomic E-state index is -4.05. The van der Waals surface area contributed by atoms with Crippen LogP contribution in [0.4, 0.5) is 11.4 Å². The second kappa shape index (κ2) is 8.05. The lowest BCUT2D eigenvalue weighted by Gasteiger charge is -2.41. The summed E-state index contributed by atoms with van der Waals surface area (Å²) < 4.78 is 51.5. The van der Waals surface area contributed by atoms with Gasteiger partial charge in [0.2, 0.25) is 19.9 Å². The maximum absolute atomic E-state index is 13.5. The summed E-state index contributed by atoms with van der Waals surface area (Å²) in [6.45, 7) is 7.16. The number of benzene rings is 1. The molecule has 34 heavy (non-hydrogen) atoms. The minimum Gasteiger partial charge on any atom is -0.505 e. The summed E-state index contributed by atoms with van der Waals surface area (Å²) in [6.07, 6.45) is 4.14. The number of aliphatic hydroxyl groups excluding tert-OH is 1. The van der Waals surface area contributed by atoms with Crippen LogP contribution in [0.1, 0.15) is 33.6 Å². The summed E-state index contributed by atoms with van der Waals surface area (Å²) in [7, 11) is -7.65. The lowest BCUT2D eigenvalue weighted by Crippen LogP contribution is -2.50. The standard InChI is InChI=1S/C22H28N4O6S2/c1-22(2,3)9-11-26-21(28)19(20(27)17-6-5-10-25(17)26)16-13-34(31,32)18-12-14(24-33(4,29)30)7-8-15(18)23-16/h6-8,12-13,23-24,27H,5,9-11H2,1-4H3. The van der Waals surface area contributed by atoms with E-state index in [0.29, 0.717) is 31.6 Å². The number of carbonyl (C=O) groups excluding carboxylic acids is 1. The first-order chi connectivity index (χ1) is 15.7. The number of fused-ring (bicyclic) bond motifs is 2. The van der Waals surface area contributed by atoms with Gasteiger partial charge in [-0.15, -0.1) is 0 Å². The van der Waals surface area contributed by atoms with Crippen LogP contribution in [0.3, 0.4) is 0 Å². The quantitative estimate of drug-likeness (QED) is 0.552. The van der Waals surface area contributed by atoms with Crippen LogP contribution in [0, 0.1) is 5.41 Å². The molecule has 0 aliphatic carbocycles. The van der Waals surface area contributed by atoms with Gasteiger partial charge in [-0.05, 0) is 36.5 Å². The van der Waals surface area contributed by atoms with Crippen molar-refractivity contribution in [3.63, 3.8) is 0 Å². The zero-order valence-electron chi connectivity index (χ0n) is 19.4. The van der Waals surface area contributed by atoms with Crippen molar-refractivity contribution < 1.29 is 26.7 Å². The molecule has 0 unspecified atom stereocenters. The van der Waals surface area contributed by atoms with E-state index in [2.05, 4.69) is 30.8 Å². The Kier molecular flexibility index (Phi) is 5.72. The SMILES string of the molecule is CC(C)(C)CCN1C(=O)C(C2=CS(=O)(=O)c3cc(NS(C)(=O)=O)ccc3N2)=C(O)C2=CCCN21. The van der Waals surface area contributed by atoms with Gasteiger partial charge < -0.3 is 10.4 Å². The van der Waals surface area contributed by atoms with Crippen LogP contribution in [-0.4, -0.2) is 57.2 Å². The molecule has 0 saturated carbocycles. The number of hydrazine groups is 1. The Bertz CT molecular complexity index is 1370. The Balaban J connectivity index is 1.74. The van der Waals surface area contributed by atoms with Crippen molar-refractivity contribution in [2.75, 3.05) is 29.4 Å². The first kappa shape index (κ1) is 24.1. The van der Waals surface area contributed by atoms with E-state index < -0.39 is 25.8 Å². The number of amides is 1. The van der Waals surface area contributed by atoms with Crippen LogP contribution in [0.2, 0.25) is 0 Å². The zero-order valence-corrected chi connectivity index (χ0v) is 21.0. The third kappa shape index (κ3) is 4.64. The molecule has 10 nitrogen and oxygen atoms in total. The van der Waals surface area contributed by atoms with E-state index in [1.54, 1.807) is 10.0 Å². The molecule has 184 valence electrons.